The zero-order valence-corrected chi connectivity index (χ0v) is 48.1. The molecule has 5 aliphatic rings. The number of piperidine rings is 1. The number of esters is 1. The van der Waals surface area contributed by atoms with Crippen LogP contribution in [0.15, 0.2) is 47.6 Å². The molecule has 2 bridgehead atoms. The number of morpholine rings is 1. The summed E-state index contributed by atoms with van der Waals surface area (Å²) in [6, 6.07) is -0.783. The summed E-state index contributed by atoms with van der Waals surface area (Å²) in [5, 5.41) is 33.4. The van der Waals surface area contributed by atoms with Gasteiger partial charge in [0.05, 0.1) is 50.8 Å². The fourth-order valence-electron chi connectivity index (χ4n) is 12.0. The number of ketones is 3. The van der Waals surface area contributed by atoms with Gasteiger partial charge < -0.3 is 53.4 Å². The third-order valence-corrected chi connectivity index (χ3v) is 17.0. The molecule has 16 atom stereocenters. The first-order chi connectivity index (χ1) is 36.7. The van der Waals surface area contributed by atoms with Crippen LogP contribution in [0.4, 0.5) is 0 Å². The predicted molar refractivity (Wildman–Crippen MR) is 291 cm³/mol. The zero-order chi connectivity index (χ0) is 56.4. The van der Waals surface area contributed by atoms with Crippen LogP contribution in [-0.4, -0.2) is 182 Å². The topological polar surface area (TPSA) is 217 Å². The van der Waals surface area contributed by atoms with E-state index in [0.29, 0.717) is 63.2 Å². The Morgan fingerprint density at radius 1 is 0.844 bits per heavy atom. The number of fused-ring (bicyclic) bond motifs is 3. The lowest BCUT2D eigenvalue weighted by molar-refractivity contribution is -0.266. The minimum Gasteiger partial charge on any atom is -0.460 e. The third-order valence-electron chi connectivity index (χ3n) is 17.0. The van der Waals surface area contributed by atoms with Gasteiger partial charge in [-0.05, 0) is 120 Å². The summed E-state index contributed by atoms with van der Waals surface area (Å²) in [4.78, 5) is 75.4. The molecule has 1 aliphatic carbocycles. The van der Waals surface area contributed by atoms with Gasteiger partial charge >= 0.3 is 5.97 Å². The first-order valence-corrected chi connectivity index (χ1v) is 28.8. The monoisotopic (exact) mass is 1080 g/mol. The van der Waals surface area contributed by atoms with Gasteiger partial charge in [0, 0.05) is 77.1 Å². The first kappa shape index (κ1) is 64.3. The lowest BCUT2D eigenvalue weighted by atomic mass is 9.78. The second-order valence-corrected chi connectivity index (χ2v) is 23.1. The maximum absolute atomic E-state index is 14.6. The molecule has 3 saturated heterocycles. The number of methoxy groups -OCH3 is 2. The Hall–Kier alpha value is -3.49. The van der Waals surface area contributed by atoms with Crippen molar-refractivity contribution in [3.63, 3.8) is 0 Å². The van der Waals surface area contributed by atoms with Gasteiger partial charge in [-0.25, -0.2) is 4.79 Å². The Morgan fingerprint density at radius 3 is 2.32 bits per heavy atom. The molecule has 1 saturated carbocycles. The average Bonchev–Trinajstić information content (AvgIpc) is 3.41. The van der Waals surface area contributed by atoms with E-state index >= 15 is 0 Å². The molecule has 0 aromatic rings. The maximum atomic E-state index is 14.6. The van der Waals surface area contributed by atoms with Crippen LogP contribution in [0.3, 0.4) is 0 Å². The number of rotatable bonds is 13. The minimum absolute atomic E-state index is 0.0100. The molecule has 17 nitrogen and oxygen atoms in total. The second-order valence-electron chi connectivity index (χ2n) is 23.1. The van der Waals surface area contributed by atoms with Crippen molar-refractivity contribution in [3.05, 3.63) is 47.6 Å². The van der Waals surface area contributed by atoms with E-state index in [1.54, 1.807) is 34.0 Å². The number of nitrogens with zero attached hydrogens (tertiary/aromatic N) is 2. The van der Waals surface area contributed by atoms with Crippen molar-refractivity contribution >= 4 is 29.2 Å². The van der Waals surface area contributed by atoms with Crippen molar-refractivity contribution in [2.45, 2.75) is 199 Å². The predicted octanol–water partition coefficient (Wildman–Crippen LogP) is 6.68. The number of carbonyl (C=O) groups is 5. The fraction of sp³-hybridized carbons (Fsp3) is 0.783. The van der Waals surface area contributed by atoms with E-state index in [9.17, 15) is 39.3 Å². The molecule has 0 spiro atoms. The molecule has 4 heterocycles. The summed E-state index contributed by atoms with van der Waals surface area (Å²) in [7, 11) is 3.09. The highest BCUT2D eigenvalue weighted by atomic mass is 16.6. The summed E-state index contributed by atoms with van der Waals surface area (Å²) in [6.07, 6.45) is 12.7. The van der Waals surface area contributed by atoms with E-state index in [1.165, 1.54) is 12.0 Å². The van der Waals surface area contributed by atoms with Crippen LogP contribution in [0.25, 0.3) is 0 Å². The van der Waals surface area contributed by atoms with Gasteiger partial charge in [-0.1, -0.05) is 71.1 Å². The number of hydrogen-bond donors (Lipinski definition) is 3. The summed E-state index contributed by atoms with van der Waals surface area (Å²) < 4.78 is 42.3. The average molecular weight is 1090 g/mol. The number of aliphatic hydroxyl groups excluding tert-OH is 2. The van der Waals surface area contributed by atoms with E-state index in [1.807, 2.05) is 58.1 Å². The van der Waals surface area contributed by atoms with Crippen LogP contribution in [0, 0.1) is 35.5 Å². The highest BCUT2D eigenvalue weighted by Crippen LogP contribution is 2.38. The third kappa shape index (κ3) is 18.3. The quantitative estimate of drug-likeness (QED) is 0.0759. The molecular formula is C60H96N2O15. The Labute approximate surface area is 459 Å². The SMILES string of the molecule is CO[C@@H]1C[C@H](C[C@@H](C)[C@@H]2CC(=O)[C@H](C)/C=C(\C)[C@@H](O)[C@@H](OC)C(=O)[C@H](C)C[C@H](C)/C=C/C=C/C=C(\C)[C@@H](OCCO)C[C@@H]3CC[C@@H](C)[C@@](O)(O3)C(=O)C(=O)N3CCCCC3C(=O)O2)CC[C@H]1OCCCN1CCOC[C@H]1C. The standard InChI is InChI=1S/C60H96N2O15/c1-38-17-12-11-13-18-39(2)51(75-30-27-63)35-47-22-20-44(7)60(70,77-47)57(67)58(68)62-25-15-14-19-48(62)59(69)76-52(36-49(64)40(3)32-43(6)55(66)56(72-10)54(65)42(5)31-38)41(4)33-46-21-23-50(53(34-46)71-9)74-28-16-24-61-26-29-73-37-45(61)8/h11-13,17-18,32,38,40-42,44-48,50-53,55-56,63,66,70H,14-16,19-31,33-37H2,1-10H3/b13-11+,17-12+,39-18+,43-32+/t38-,40-,41-,42-,44-,45-,46+,47+,48?,50-,51+,52+,53-,55-,56+,60-/m1/s1. The fourth-order valence-corrected chi connectivity index (χ4v) is 12.0. The van der Waals surface area contributed by atoms with Gasteiger partial charge in [-0.15, -0.1) is 0 Å². The Balaban J connectivity index is 1.41. The van der Waals surface area contributed by atoms with Crippen molar-refractivity contribution < 1.29 is 72.5 Å². The number of cyclic esters (lactones) is 1. The van der Waals surface area contributed by atoms with E-state index in [4.69, 9.17) is 33.2 Å². The van der Waals surface area contributed by atoms with Crippen LogP contribution in [-0.2, 0) is 57.1 Å². The number of ether oxygens (including phenoxy) is 7. The summed E-state index contributed by atoms with van der Waals surface area (Å²) in [6.45, 7) is 18.7. The van der Waals surface area contributed by atoms with E-state index < -0.39 is 77.8 Å². The van der Waals surface area contributed by atoms with Crippen LogP contribution in [0.5, 0.6) is 0 Å². The summed E-state index contributed by atoms with van der Waals surface area (Å²) in [5.41, 5.74) is 1.19. The van der Waals surface area contributed by atoms with Crippen molar-refractivity contribution in [3.8, 4) is 0 Å². The van der Waals surface area contributed by atoms with Crippen LogP contribution < -0.4 is 0 Å². The normalized spacial score (nSPS) is 38.4. The molecular weight excluding hydrogens is 989 g/mol. The molecule has 4 fully saturated rings. The van der Waals surface area contributed by atoms with Crippen LogP contribution >= 0.6 is 0 Å². The van der Waals surface area contributed by atoms with E-state index in [-0.39, 0.29) is 80.5 Å². The van der Waals surface area contributed by atoms with E-state index in [2.05, 4.69) is 11.8 Å². The molecule has 17 heteroatoms. The van der Waals surface area contributed by atoms with Gasteiger partial charge in [0.2, 0.25) is 5.79 Å². The lowest BCUT2D eigenvalue weighted by Gasteiger charge is -2.43. The number of aliphatic hydroxyl groups is 3. The molecule has 0 aromatic carbocycles. The van der Waals surface area contributed by atoms with Gasteiger partial charge in [0.25, 0.3) is 11.7 Å². The highest BCUT2D eigenvalue weighted by Gasteiger charge is 2.53. The van der Waals surface area contributed by atoms with Crippen LogP contribution in [0.2, 0.25) is 0 Å². The van der Waals surface area contributed by atoms with Crippen molar-refractivity contribution in [1.82, 2.24) is 9.80 Å². The molecule has 0 aromatic heterocycles. The molecule has 4 aliphatic heterocycles. The number of carbonyl (C=O) groups excluding carboxylic acids is 5. The Morgan fingerprint density at radius 2 is 1.61 bits per heavy atom. The molecule has 1 unspecified atom stereocenters. The summed E-state index contributed by atoms with van der Waals surface area (Å²) in [5.74, 6) is -8.09. The van der Waals surface area contributed by atoms with Gasteiger partial charge in [0.1, 0.15) is 30.1 Å². The van der Waals surface area contributed by atoms with Gasteiger partial charge in [-0.2, -0.15) is 0 Å². The number of Topliss-reactive ketones (excluding diaryl/α,β-unsaturated/α-hetero) is 3. The van der Waals surface area contributed by atoms with E-state index in [0.717, 1.165) is 51.1 Å². The van der Waals surface area contributed by atoms with Crippen molar-refractivity contribution in [2.24, 2.45) is 35.5 Å². The van der Waals surface area contributed by atoms with Crippen molar-refractivity contribution in [2.75, 3.05) is 66.9 Å². The van der Waals surface area contributed by atoms with Gasteiger partial charge in [-0.3, -0.25) is 24.1 Å². The zero-order valence-electron chi connectivity index (χ0n) is 48.1. The Kier molecular flexibility index (Phi) is 26.3. The molecule has 1 amide bonds. The smallest absolute Gasteiger partial charge is 0.329 e. The van der Waals surface area contributed by atoms with Crippen molar-refractivity contribution in [1.29, 1.82) is 0 Å². The first-order valence-electron chi connectivity index (χ1n) is 28.8. The minimum atomic E-state index is -2.48. The lowest BCUT2D eigenvalue weighted by Crippen LogP contribution is -2.61. The number of amides is 1. The Bertz CT molecular complexity index is 2040. The molecule has 3 N–H and O–H groups in total. The summed E-state index contributed by atoms with van der Waals surface area (Å²) >= 11 is 0. The van der Waals surface area contributed by atoms with Crippen LogP contribution in [0.1, 0.15) is 139 Å². The molecule has 436 valence electrons. The van der Waals surface area contributed by atoms with Gasteiger partial charge in [0.15, 0.2) is 5.78 Å². The maximum Gasteiger partial charge on any atom is 0.329 e. The molecule has 77 heavy (non-hydrogen) atoms. The molecule has 0 radical (unpaired) electrons. The molecule has 5 rings (SSSR count). The number of allylic oxidation sites excluding steroid dienone is 6. The number of hydrogen-bond acceptors (Lipinski definition) is 16. The largest absolute Gasteiger partial charge is 0.460 e. The second kappa shape index (κ2) is 31.5. The highest BCUT2D eigenvalue weighted by molar-refractivity contribution is 6.39.